The summed E-state index contributed by atoms with van der Waals surface area (Å²) in [6, 6.07) is 18.4. The zero-order valence-corrected chi connectivity index (χ0v) is 69.4. The van der Waals surface area contributed by atoms with E-state index in [0.717, 1.165) is 61.0 Å². The van der Waals surface area contributed by atoms with Crippen LogP contribution in [0.1, 0.15) is 142 Å². The van der Waals surface area contributed by atoms with Gasteiger partial charge in [-0.25, -0.2) is 0 Å². The van der Waals surface area contributed by atoms with Crippen LogP contribution in [0.25, 0.3) is 21.7 Å². The molecule has 0 radical (unpaired) electrons. The summed E-state index contributed by atoms with van der Waals surface area (Å²) in [7, 11) is 2.03. The standard InChI is InChI=1S/C54H69N11O10S2.C25H26O10.C6H8O4/c1-29(2)45-54(75)63-44(53(74)65-46(30(3)66)47(57)68)28-77-76-27-43(62-48(69)38(56)23-32-15-18-33-10-4-5-11-34(33)22-32)52(73)60-41(24-31-16-19-36(67)20-17-31)50(71)61-42(25-35-26-58-39-13-7-6-12-37(35)39)51(72)59-40(49(70)64-45)14-8-9-21-55;1-10-19(28)14(26)7-15(35-10)11-3-4-12-17(20(11)29)21(30)13-5-6-24(33)9-23(2,32)8-16(27)25(24,34)18(13)22(12)31;1-4(7)2-5(8)3-6(9)10/h4-7,10-13,15-20,22,26,29-30,38,40-46,58,66-67H,8-9,14,21,23-25,27-28,55-56H2,1-3H3,(H2,57,68)(H,59,72)(H,60,73)(H,61,71)(H,62,69)(H,63,75)(H,64,70)(H,65,74);3-6,10,14-15,19,26,28-29,32-34H,7-9H2,1-2H3;2-3H2,1H3,(H,9,10)/t30-,38-,40+,41+,42-,43+,44+,45+,46+;10-,14-,15-,19-,23+,24+,25+;/m11./s1. The third-order valence-electron chi connectivity index (χ3n) is 21.5. The number of unbranched alkanes of at least 4 members (excludes halogenated alkanes) is 1. The molecule has 3 heterocycles. The number of aliphatic carboxylic acids is 1. The van der Waals surface area contributed by atoms with Gasteiger partial charge < -0.3 is 110 Å². The molecule has 2 aliphatic heterocycles. The number of Topliss-reactive ketones (excluding diaryl/α,β-unsaturated/α-hetero) is 5. The van der Waals surface area contributed by atoms with Gasteiger partial charge in [-0.1, -0.05) is 120 Å². The molecule has 5 aromatic carbocycles. The van der Waals surface area contributed by atoms with Crippen LogP contribution in [-0.2, 0) is 81.5 Å². The van der Waals surface area contributed by atoms with E-state index in [1.165, 1.54) is 45.0 Å². The van der Waals surface area contributed by atoms with Crippen molar-refractivity contribution in [1.29, 1.82) is 0 Å². The Hall–Kier alpha value is -11.1. The number of carboxylic acid groups (broad SMARTS) is 1. The van der Waals surface area contributed by atoms with Crippen molar-refractivity contribution in [2.75, 3.05) is 18.1 Å². The van der Waals surface area contributed by atoms with E-state index in [2.05, 4.69) is 42.2 Å². The van der Waals surface area contributed by atoms with E-state index in [1.807, 2.05) is 66.7 Å². The summed E-state index contributed by atoms with van der Waals surface area (Å²) < 4.78 is 5.70. The number of hydrogen-bond donors (Lipinski definition) is 20. The summed E-state index contributed by atoms with van der Waals surface area (Å²) in [5.74, 6) is -13.0. The van der Waals surface area contributed by atoms with Crippen molar-refractivity contribution in [3.8, 4) is 11.5 Å². The van der Waals surface area contributed by atoms with Crippen molar-refractivity contribution in [1.82, 2.24) is 42.2 Å². The molecule has 5 aliphatic rings. The predicted molar refractivity (Wildman–Crippen MR) is 447 cm³/mol. The summed E-state index contributed by atoms with van der Waals surface area (Å²) in [6.45, 7) is 8.98. The highest BCUT2D eigenvalue weighted by molar-refractivity contribution is 8.76. The van der Waals surface area contributed by atoms with E-state index in [-0.39, 0.29) is 90.4 Å². The highest BCUT2D eigenvalue weighted by Gasteiger charge is 2.66. The van der Waals surface area contributed by atoms with Crippen LogP contribution in [0.15, 0.2) is 133 Å². The van der Waals surface area contributed by atoms with Crippen molar-refractivity contribution < 1.29 is 118 Å². The number of primary amides is 1. The lowest BCUT2D eigenvalue weighted by atomic mass is 9.57. The van der Waals surface area contributed by atoms with Crippen LogP contribution in [0.4, 0.5) is 0 Å². The number of aliphatic hydroxyl groups excluding tert-OH is 3. The van der Waals surface area contributed by atoms with Crippen LogP contribution in [0, 0.1) is 5.92 Å². The molecule has 8 amide bonds. The topological polar surface area (TPSA) is 608 Å². The van der Waals surface area contributed by atoms with Crippen LogP contribution in [0.5, 0.6) is 11.5 Å². The quantitative estimate of drug-likeness (QED) is 0.0252. The first-order valence-electron chi connectivity index (χ1n) is 39.5. The number of aromatic nitrogens is 1. The zero-order valence-electron chi connectivity index (χ0n) is 67.7. The Kier molecular flexibility index (Phi) is 32.0. The molecule has 6 aromatic rings. The van der Waals surface area contributed by atoms with Gasteiger partial charge in [-0.3, -0.25) is 67.1 Å². The number of phenols is 2. The first-order valence-corrected chi connectivity index (χ1v) is 42.0. The van der Waals surface area contributed by atoms with Gasteiger partial charge in [-0.15, -0.1) is 0 Å². The number of hydrogen-bond acceptors (Lipinski definition) is 27. The second-order valence-electron chi connectivity index (χ2n) is 31.7. The minimum atomic E-state index is -2.75. The zero-order chi connectivity index (χ0) is 89.6. The van der Waals surface area contributed by atoms with Crippen LogP contribution in [0.3, 0.4) is 0 Å². The minimum absolute atomic E-state index is 0.0501. The smallest absolute Gasteiger partial charge is 0.310 e. The Balaban J connectivity index is 0.000000306. The van der Waals surface area contributed by atoms with Gasteiger partial charge in [0.1, 0.15) is 77.7 Å². The molecule has 35 nitrogen and oxygen atoms in total. The van der Waals surface area contributed by atoms with Gasteiger partial charge in [0.2, 0.25) is 47.3 Å². The van der Waals surface area contributed by atoms with Crippen molar-refractivity contribution in [3.05, 3.63) is 166 Å². The fourth-order valence-electron chi connectivity index (χ4n) is 15.0. The Morgan fingerprint density at radius 1 is 0.721 bits per heavy atom. The number of aromatic hydroxyl groups is 2. The SMILES string of the molecule is CC(=O)CC(=O)CC(=O)O.CC(C)[C@@H]1NC(=O)[C@H](CCCCN)NC(=O)[C@@H](Cc2c[nH]c3ccccc23)NC(=O)[C@H](Cc2ccc(O)cc2)NC(=O)[C@@H](NC(=O)[C@H](N)Cc2ccc3ccccc3c2)CSSC[C@@H](C(=O)N[C@H](C(N)=O)[C@@H](C)O)NC1=O.C[C@H]1O[C@@H](c2ccc3c(c2O)C(=O)C2=C(C3=O)[C@@]3(O)C(=O)C[C@](C)(O)C[C@@]3(O)C=C2)C[C@@H](O)[C@@H]1O. The van der Waals surface area contributed by atoms with Crippen LogP contribution in [0.2, 0.25) is 0 Å². The molecule has 122 heavy (non-hydrogen) atoms. The summed E-state index contributed by atoms with van der Waals surface area (Å²) in [5, 5.41) is 114. The fourth-order valence-corrected chi connectivity index (χ4v) is 17.4. The van der Waals surface area contributed by atoms with Crippen molar-refractivity contribution in [2.45, 2.75) is 208 Å². The number of amides is 8. The molecule has 0 bridgehead atoms. The number of nitrogens with one attached hydrogen (secondary N) is 8. The molecule has 16 atom stereocenters. The van der Waals surface area contributed by atoms with Gasteiger partial charge in [-0.05, 0) is 124 Å². The first-order chi connectivity index (χ1) is 57.5. The second-order valence-corrected chi connectivity index (χ2v) is 34.2. The monoisotopic (exact) mass is 1730 g/mol. The molecule has 3 fully saturated rings. The number of phenolic OH excluding ortho intramolecular Hbond substituents is 2. The Labute approximate surface area is 708 Å². The third kappa shape index (κ3) is 23.2. The molecule has 1 saturated carbocycles. The largest absolute Gasteiger partial charge is 0.508 e. The van der Waals surface area contributed by atoms with E-state index in [1.54, 1.807) is 39.1 Å². The van der Waals surface area contributed by atoms with Gasteiger partial charge >= 0.3 is 5.97 Å². The van der Waals surface area contributed by atoms with E-state index in [0.29, 0.717) is 24.0 Å². The predicted octanol–water partition coefficient (Wildman–Crippen LogP) is 0.616. The first kappa shape index (κ1) is 94.7. The molecule has 654 valence electrons. The van der Waals surface area contributed by atoms with Gasteiger partial charge in [0, 0.05) is 77.4 Å². The number of ether oxygens (including phenoxy) is 1. The number of rotatable bonds is 22. The molecule has 11 rings (SSSR count). The van der Waals surface area contributed by atoms with Gasteiger partial charge in [0.25, 0.3) is 0 Å². The number of ketones is 5. The molecular formula is C85H103N11O24S2. The lowest BCUT2D eigenvalue weighted by Crippen LogP contribution is -2.69. The minimum Gasteiger partial charge on any atom is -0.508 e. The number of carboxylic acids is 1. The number of fused-ring (bicyclic) bond motifs is 5. The number of aliphatic hydroxyl groups is 6. The molecular weight excluding hydrogens is 1620 g/mol. The number of H-pyrrole nitrogens is 1. The van der Waals surface area contributed by atoms with Crippen molar-refractivity contribution in [2.24, 2.45) is 23.1 Å². The maximum atomic E-state index is 14.9. The third-order valence-corrected chi connectivity index (χ3v) is 23.9. The summed E-state index contributed by atoms with van der Waals surface area (Å²) in [4.78, 5) is 187. The highest BCUT2D eigenvalue weighted by Crippen LogP contribution is 2.52. The van der Waals surface area contributed by atoms with Crippen LogP contribution >= 0.6 is 21.6 Å². The number of aromatic amines is 1. The van der Waals surface area contributed by atoms with Crippen molar-refractivity contribution >= 4 is 125 Å². The number of allylic oxidation sites excluding steroid dienone is 2. The average molecular weight is 1730 g/mol. The fraction of sp³-hybridized carbons (Fsp3) is 0.435. The average Bonchev–Trinajstić information content (AvgIpc) is 0.697. The Morgan fingerprint density at radius 3 is 2.00 bits per heavy atom. The maximum Gasteiger partial charge on any atom is 0.310 e. The van der Waals surface area contributed by atoms with E-state index < -0.39 is 209 Å². The molecule has 3 aliphatic carbocycles. The van der Waals surface area contributed by atoms with Crippen molar-refractivity contribution in [3.63, 3.8) is 0 Å². The molecule has 0 spiro atoms. The number of para-hydroxylation sites is 1. The lowest BCUT2D eigenvalue weighted by molar-refractivity contribution is -0.183. The molecule has 1 aromatic heterocycles. The molecule has 37 heteroatoms. The molecule has 2 saturated heterocycles. The van der Waals surface area contributed by atoms with E-state index in [9.17, 15) is 108 Å². The van der Waals surface area contributed by atoms with Gasteiger partial charge in [-0.2, -0.15) is 0 Å². The number of benzene rings is 5. The van der Waals surface area contributed by atoms with E-state index in [4.69, 9.17) is 27.0 Å². The highest BCUT2D eigenvalue weighted by atomic mass is 33.1. The number of carbonyl (C=O) groups is 14. The van der Waals surface area contributed by atoms with E-state index >= 15 is 0 Å². The Bertz CT molecular complexity index is 5020. The molecule has 23 N–H and O–H groups in total. The van der Waals surface area contributed by atoms with Gasteiger partial charge in [0.15, 0.2) is 28.7 Å². The second kappa shape index (κ2) is 41.2. The van der Waals surface area contributed by atoms with Crippen LogP contribution < -0.4 is 54.4 Å². The van der Waals surface area contributed by atoms with Gasteiger partial charge in [0.05, 0.1) is 53.6 Å². The number of nitrogens with two attached hydrogens (primary N) is 3. The normalized spacial score (nSPS) is 26.1. The maximum absolute atomic E-state index is 14.9. The van der Waals surface area contributed by atoms with Crippen LogP contribution in [-0.4, -0.2) is 241 Å². The number of carbonyl (C=O) groups excluding carboxylic acids is 13. The summed E-state index contributed by atoms with van der Waals surface area (Å²) >= 11 is 0. The summed E-state index contributed by atoms with van der Waals surface area (Å²) in [6.07, 6.45) is -2.56. The summed E-state index contributed by atoms with van der Waals surface area (Å²) in [5.41, 5.74) is 12.4. The molecule has 0 unspecified atom stereocenters. The lowest BCUT2D eigenvalue weighted by Gasteiger charge is -2.51. The Morgan fingerprint density at radius 2 is 1.35 bits per heavy atom.